The van der Waals surface area contributed by atoms with E-state index in [9.17, 15) is 19.5 Å². The second kappa shape index (κ2) is 17.4. The van der Waals surface area contributed by atoms with Crippen LogP contribution < -0.4 is 0 Å². The van der Waals surface area contributed by atoms with E-state index in [-0.39, 0.29) is 41.9 Å². The van der Waals surface area contributed by atoms with Gasteiger partial charge in [0, 0.05) is 23.2 Å². The molecule has 9 atom stereocenters. The Bertz CT molecular complexity index is 1310. The first-order valence-corrected chi connectivity index (χ1v) is 20.0. The molecule has 0 aromatic carbocycles. The van der Waals surface area contributed by atoms with E-state index in [1.807, 2.05) is 6.08 Å². The lowest BCUT2D eigenvalue weighted by Gasteiger charge is -2.59. The number of Topliss-reactive ketones (excluding diaryl/α,β-unsaturated/α-hetero) is 1. The summed E-state index contributed by atoms with van der Waals surface area (Å²) in [5.41, 5.74) is -1.23. The number of aliphatic hydroxyl groups excluding tert-OH is 1. The molecule has 278 valence electrons. The largest absolute Gasteiger partial charge is 0.458 e. The summed E-state index contributed by atoms with van der Waals surface area (Å²) < 4.78 is 18.8. The molecule has 7 heteroatoms. The van der Waals surface area contributed by atoms with Crippen molar-refractivity contribution in [3.8, 4) is 0 Å². The molecule has 1 saturated heterocycles. The van der Waals surface area contributed by atoms with E-state index < -0.39 is 34.9 Å². The number of ether oxygens (including phenoxy) is 3. The molecular formula is C43H64O7. The monoisotopic (exact) mass is 692 g/mol. The van der Waals surface area contributed by atoms with E-state index in [2.05, 4.69) is 52.0 Å². The lowest BCUT2D eigenvalue weighted by atomic mass is 9.46. The number of hydrogen-bond acceptors (Lipinski definition) is 7. The van der Waals surface area contributed by atoms with Gasteiger partial charge in [-0.2, -0.15) is 0 Å². The number of esters is 1. The maximum atomic E-state index is 14.3. The molecule has 1 aliphatic heterocycles. The zero-order valence-electron chi connectivity index (χ0n) is 31.3. The SMILES string of the molecule is CCCCC/C=C\C/C=C\CCCCCCCC(=O)OCC(=O)[C@@]12O[C@H](CCC)O[C@@H]1C[C@H]1[C@@H]3CCC4=CC(=O)C=C[C@]4(C)[C@H]3[C@@H](O)C[C@@]12C. The van der Waals surface area contributed by atoms with Crippen molar-refractivity contribution >= 4 is 17.5 Å². The van der Waals surface area contributed by atoms with Crippen LogP contribution in [0, 0.1) is 28.6 Å². The van der Waals surface area contributed by atoms with Gasteiger partial charge in [-0.15, -0.1) is 0 Å². The van der Waals surface area contributed by atoms with Crippen molar-refractivity contribution in [1.29, 1.82) is 0 Å². The summed E-state index contributed by atoms with van der Waals surface area (Å²) in [6.45, 7) is 8.22. The predicted molar refractivity (Wildman–Crippen MR) is 196 cm³/mol. The summed E-state index contributed by atoms with van der Waals surface area (Å²) in [4.78, 5) is 39.4. The van der Waals surface area contributed by atoms with Crippen LogP contribution in [0.25, 0.3) is 0 Å². The smallest absolute Gasteiger partial charge is 0.306 e. The van der Waals surface area contributed by atoms with Gasteiger partial charge in [0.2, 0.25) is 5.78 Å². The highest BCUT2D eigenvalue weighted by atomic mass is 16.7. The van der Waals surface area contributed by atoms with Crippen molar-refractivity contribution in [2.75, 3.05) is 6.61 Å². The molecule has 4 aliphatic carbocycles. The standard InChI is InChI=1S/C43H64O7/c1-5-7-8-9-10-11-12-13-14-15-16-17-18-19-20-22-38(47)48-30-36(46)43-37(49-39(50-43)21-6-2)28-34-33-24-23-31-27-32(44)25-26-41(31,3)40(33)35(45)29-42(34,43)4/h10-11,13-14,25-27,33-35,37,39-40,45H,5-9,12,15-24,28-30H2,1-4H3/b11-10-,14-13-/t33-,34-,35-,37+,39+,40+,41-,42-,43+/m0/s1. The first-order chi connectivity index (χ1) is 24.1. The van der Waals surface area contributed by atoms with E-state index in [0.29, 0.717) is 25.7 Å². The Morgan fingerprint density at radius 3 is 2.44 bits per heavy atom. The van der Waals surface area contributed by atoms with E-state index >= 15 is 0 Å². The molecule has 0 unspecified atom stereocenters. The Morgan fingerprint density at radius 2 is 1.70 bits per heavy atom. The molecular weight excluding hydrogens is 628 g/mol. The Kier molecular flexibility index (Phi) is 13.6. The number of ketones is 2. The summed E-state index contributed by atoms with van der Waals surface area (Å²) in [7, 11) is 0. The first kappa shape index (κ1) is 38.9. The van der Waals surface area contributed by atoms with Gasteiger partial charge in [-0.1, -0.05) is 102 Å². The van der Waals surface area contributed by atoms with E-state index in [0.717, 1.165) is 69.8 Å². The highest BCUT2D eigenvalue weighted by Gasteiger charge is 2.75. The minimum atomic E-state index is -1.27. The number of carbonyl (C=O) groups is 3. The summed E-state index contributed by atoms with van der Waals surface area (Å²) in [6, 6.07) is 0. The molecule has 1 heterocycles. The molecule has 5 aliphatic rings. The third-order valence-corrected chi connectivity index (χ3v) is 12.9. The van der Waals surface area contributed by atoms with E-state index in [1.165, 1.54) is 25.7 Å². The molecule has 5 rings (SSSR count). The topological polar surface area (TPSA) is 99.1 Å². The highest BCUT2D eigenvalue weighted by Crippen LogP contribution is 2.69. The van der Waals surface area contributed by atoms with Gasteiger partial charge >= 0.3 is 5.97 Å². The van der Waals surface area contributed by atoms with Crippen LogP contribution >= 0.6 is 0 Å². The van der Waals surface area contributed by atoms with Crippen molar-refractivity contribution in [3.05, 3.63) is 48.1 Å². The maximum Gasteiger partial charge on any atom is 0.306 e. The molecule has 3 saturated carbocycles. The number of unbranched alkanes of at least 4 members (excludes halogenated alkanes) is 8. The van der Waals surface area contributed by atoms with Crippen molar-refractivity contribution in [2.45, 2.75) is 167 Å². The average molecular weight is 693 g/mol. The Balaban J connectivity index is 1.11. The van der Waals surface area contributed by atoms with Crippen LogP contribution in [0.5, 0.6) is 0 Å². The van der Waals surface area contributed by atoms with Crippen LogP contribution in [-0.2, 0) is 28.6 Å². The summed E-state index contributed by atoms with van der Waals surface area (Å²) in [5, 5.41) is 11.9. The third-order valence-electron chi connectivity index (χ3n) is 12.9. The third kappa shape index (κ3) is 8.00. The fraction of sp³-hybridized carbons (Fsp3) is 0.744. The highest BCUT2D eigenvalue weighted by molar-refractivity contribution is 6.01. The molecule has 4 fully saturated rings. The Labute approximate surface area is 301 Å². The average Bonchev–Trinajstić information content (AvgIpc) is 3.57. The van der Waals surface area contributed by atoms with Gasteiger partial charge in [0.15, 0.2) is 24.3 Å². The number of aliphatic hydroxyl groups is 1. The number of hydrogen-bond donors (Lipinski definition) is 1. The minimum Gasteiger partial charge on any atom is -0.458 e. The normalized spacial score (nSPS) is 35.9. The Hall–Kier alpha value is -2.35. The quantitative estimate of drug-likeness (QED) is 0.0819. The van der Waals surface area contributed by atoms with Gasteiger partial charge < -0.3 is 19.3 Å². The summed E-state index contributed by atoms with van der Waals surface area (Å²) >= 11 is 0. The number of carbonyl (C=O) groups excluding carboxylic acids is 3. The number of allylic oxidation sites excluding steroid dienone is 8. The molecule has 50 heavy (non-hydrogen) atoms. The molecule has 0 radical (unpaired) electrons. The second-order valence-electron chi connectivity index (χ2n) is 16.2. The Morgan fingerprint density at radius 1 is 0.980 bits per heavy atom. The number of rotatable bonds is 19. The van der Waals surface area contributed by atoms with Gasteiger partial charge in [0.1, 0.15) is 0 Å². The molecule has 0 amide bonds. The zero-order chi connectivity index (χ0) is 35.8. The van der Waals surface area contributed by atoms with Gasteiger partial charge in [-0.25, -0.2) is 0 Å². The van der Waals surface area contributed by atoms with Crippen molar-refractivity contribution in [1.82, 2.24) is 0 Å². The summed E-state index contributed by atoms with van der Waals surface area (Å²) in [5.74, 6) is -0.376. The van der Waals surface area contributed by atoms with Crippen molar-refractivity contribution < 1.29 is 33.7 Å². The van der Waals surface area contributed by atoms with Crippen LogP contribution in [0.4, 0.5) is 0 Å². The van der Waals surface area contributed by atoms with Gasteiger partial charge in [0.25, 0.3) is 0 Å². The predicted octanol–water partition coefficient (Wildman–Crippen LogP) is 9.08. The summed E-state index contributed by atoms with van der Waals surface area (Å²) in [6.07, 6.45) is 29.7. The van der Waals surface area contributed by atoms with Gasteiger partial charge in [-0.05, 0) is 94.6 Å². The van der Waals surface area contributed by atoms with Crippen LogP contribution in [0.15, 0.2) is 48.1 Å². The maximum absolute atomic E-state index is 14.3. The molecule has 1 N–H and O–H groups in total. The van der Waals surface area contributed by atoms with Crippen molar-refractivity contribution in [3.63, 3.8) is 0 Å². The van der Waals surface area contributed by atoms with Gasteiger partial charge in [-0.3, -0.25) is 14.4 Å². The lowest BCUT2D eigenvalue weighted by Crippen LogP contribution is -2.63. The van der Waals surface area contributed by atoms with E-state index in [1.54, 1.807) is 12.2 Å². The van der Waals surface area contributed by atoms with Crippen molar-refractivity contribution in [2.24, 2.45) is 28.6 Å². The first-order valence-electron chi connectivity index (χ1n) is 20.0. The lowest BCUT2D eigenvalue weighted by molar-refractivity contribution is -0.201. The molecule has 7 nitrogen and oxygen atoms in total. The fourth-order valence-corrected chi connectivity index (χ4v) is 10.4. The van der Waals surface area contributed by atoms with Crippen LogP contribution in [0.2, 0.25) is 0 Å². The molecule has 0 aromatic heterocycles. The zero-order valence-corrected chi connectivity index (χ0v) is 31.3. The molecule has 0 aromatic rings. The fourth-order valence-electron chi connectivity index (χ4n) is 10.4. The van der Waals surface area contributed by atoms with Crippen LogP contribution in [0.1, 0.15) is 143 Å². The molecule has 0 spiro atoms. The van der Waals surface area contributed by atoms with E-state index in [4.69, 9.17) is 14.2 Å². The molecule has 0 bridgehead atoms. The van der Waals surface area contributed by atoms with Gasteiger partial charge in [0.05, 0.1) is 12.2 Å². The minimum absolute atomic E-state index is 0.0137. The van der Waals surface area contributed by atoms with Crippen LogP contribution in [0.3, 0.4) is 0 Å². The van der Waals surface area contributed by atoms with Crippen LogP contribution in [-0.4, -0.2) is 53.3 Å². The number of fused-ring (bicyclic) bond motifs is 7. The second-order valence-corrected chi connectivity index (χ2v) is 16.2.